The van der Waals surface area contributed by atoms with E-state index in [1.807, 2.05) is 30.3 Å². The van der Waals surface area contributed by atoms with Crippen LogP contribution >= 0.6 is 0 Å². The lowest BCUT2D eigenvalue weighted by Crippen LogP contribution is -2.50. The molecule has 2 aliphatic rings. The van der Waals surface area contributed by atoms with E-state index >= 15 is 4.39 Å². The van der Waals surface area contributed by atoms with E-state index in [-0.39, 0.29) is 6.42 Å². The number of nitrogens with zero attached hydrogens (tertiary/aromatic N) is 3. The van der Waals surface area contributed by atoms with E-state index < -0.39 is 65.0 Å². The second-order valence-electron chi connectivity index (χ2n) is 12.3. The summed E-state index contributed by atoms with van der Waals surface area (Å²) in [6.07, 6.45) is -4.30. The molecule has 47 heavy (non-hydrogen) atoms. The molecule has 246 valence electrons. The average molecular weight is 651 g/mol. The van der Waals surface area contributed by atoms with Crippen molar-refractivity contribution in [2.45, 2.75) is 63.0 Å². The summed E-state index contributed by atoms with van der Waals surface area (Å²) in [6, 6.07) is 20.0. The first kappa shape index (κ1) is 32.2. The van der Waals surface area contributed by atoms with Crippen LogP contribution in [0.25, 0.3) is 0 Å². The molecule has 8 nitrogen and oxygen atoms in total. The van der Waals surface area contributed by atoms with E-state index in [4.69, 9.17) is 0 Å². The Morgan fingerprint density at radius 1 is 0.872 bits per heavy atom. The van der Waals surface area contributed by atoms with Crippen LogP contribution in [0.5, 0.6) is 0 Å². The third kappa shape index (κ3) is 6.47. The van der Waals surface area contributed by atoms with Crippen molar-refractivity contribution < 1.29 is 27.5 Å². The first-order chi connectivity index (χ1) is 22.5. The maximum absolute atomic E-state index is 15.1. The van der Waals surface area contributed by atoms with Gasteiger partial charge in [0, 0.05) is 28.8 Å². The lowest BCUT2D eigenvalue weighted by Gasteiger charge is -2.40. The number of aromatic nitrogens is 2. The van der Waals surface area contributed by atoms with E-state index in [1.54, 1.807) is 30.3 Å². The van der Waals surface area contributed by atoms with Crippen molar-refractivity contribution in [2.24, 2.45) is 0 Å². The van der Waals surface area contributed by atoms with Crippen molar-refractivity contribution in [2.75, 3.05) is 13.1 Å². The van der Waals surface area contributed by atoms with Gasteiger partial charge in [0.05, 0.1) is 24.7 Å². The molecule has 4 aromatic rings. The third-order valence-corrected chi connectivity index (χ3v) is 9.57. The Bertz CT molecular complexity index is 1880. The maximum atomic E-state index is 15.1. The normalized spacial score (nSPS) is 16.6. The van der Waals surface area contributed by atoms with Gasteiger partial charge in [0.2, 0.25) is 0 Å². The fraction of sp³-hybridized carbons (Fsp3) is 0.343. The Hall–Kier alpha value is -4.71. The van der Waals surface area contributed by atoms with Crippen LogP contribution in [-0.4, -0.2) is 38.3 Å². The smallest absolute Gasteiger partial charge is 0.416 e. The highest BCUT2D eigenvalue weighted by Crippen LogP contribution is 2.45. The number of benzene rings is 3. The number of nitrogens with one attached hydrogen (secondary N) is 1. The Morgan fingerprint density at radius 3 is 2.17 bits per heavy atom. The number of amides is 1. The summed E-state index contributed by atoms with van der Waals surface area (Å²) in [4.78, 5) is 42.6. The van der Waals surface area contributed by atoms with E-state index in [1.165, 1.54) is 0 Å². The maximum Gasteiger partial charge on any atom is 0.416 e. The van der Waals surface area contributed by atoms with E-state index in [0.717, 1.165) is 39.4 Å². The quantitative estimate of drug-likeness (QED) is 0.239. The molecule has 12 heteroatoms. The minimum Gasteiger partial charge on any atom is -0.465 e. The van der Waals surface area contributed by atoms with Gasteiger partial charge in [0.25, 0.3) is 5.56 Å². The second kappa shape index (κ2) is 12.8. The van der Waals surface area contributed by atoms with Crippen LogP contribution in [0, 0.1) is 5.82 Å². The van der Waals surface area contributed by atoms with Crippen LogP contribution in [0.2, 0.25) is 0 Å². The molecule has 1 fully saturated rings. The number of fused-ring (bicyclic) bond motifs is 2. The Labute approximate surface area is 267 Å². The second-order valence-corrected chi connectivity index (χ2v) is 12.3. The number of halogens is 4. The van der Waals surface area contributed by atoms with Gasteiger partial charge in [0.1, 0.15) is 5.82 Å². The molecule has 1 atom stereocenters. The Morgan fingerprint density at radius 2 is 1.53 bits per heavy atom. The van der Waals surface area contributed by atoms with Crippen molar-refractivity contribution in [1.29, 1.82) is 0 Å². The Balaban J connectivity index is 1.46. The zero-order valence-corrected chi connectivity index (χ0v) is 25.5. The highest BCUT2D eigenvalue weighted by molar-refractivity contribution is 5.65. The molecule has 0 radical (unpaired) electrons. The predicted octanol–water partition coefficient (Wildman–Crippen LogP) is 5.71. The van der Waals surface area contributed by atoms with Crippen molar-refractivity contribution in [1.82, 2.24) is 19.4 Å². The van der Waals surface area contributed by atoms with Gasteiger partial charge in [-0.2, -0.15) is 13.2 Å². The van der Waals surface area contributed by atoms with Gasteiger partial charge in [-0.1, -0.05) is 66.7 Å². The average Bonchev–Trinajstić information content (AvgIpc) is 3.41. The number of rotatable bonds is 8. The molecule has 0 bridgehead atoms. The largest absolute Gasteiger partial charge is 0.465 e. The van der Waals surface area contributed by atoms with Crippen LogP contribution in [-0.2, 0) is 37.6 Å². The van der Waals surface area contributed by atoms with Crippen LogP contribution in [0.15, 0.2) is 88.5 Å². The van der Waals surface area contributed by atoms with Gasteiger partial charge in [-0.3, -0.25) is 18.8 Å². The minimum atomic E-state index is -4.88. The number of likely N-dealkylation sites (tertiary alicyclic amines) is 1. The fourth-order valence-electron chi connectivity index (χ4n) is 7.22. The molecule has 3 aromatic carbocycles. The highest BCUT2D eigenvalue weighted by Gasteiger charge is 2.46. The number of alkyl halides is 3. The van der Waals surface area contributed by atoms with Crippen LogP contribution in [0.1, 0.15) is 58.8 Å². The van der Waals surface area contributed by atoms with E-state index in [9.17, 15) is 32.7 Å². The minimum absolute atomic E-state index is 0.268. The molecule has 2 heterocycles. The van der Waals surface area contributed by atoms with Gasteiger partial charge in [0.15, 0.2) is 0 Å². The molecular weight excluding hydrogens is 616 g/mol. The molecule has 1 unspecified atom stereocenters. The first-order valence-corrected chi connectivity index (χ1v) is 15.5. The van der Waals surface area contributed by atoms with E-state index in [2.05, 4.69) is 10.2 Å². The van der Waals surface area contributed by atoms with Crippen molar-refractivity contribution >= 4 is 6.09 Å². The van der Waals surface area contributed by atoms with Crippen molar-refractivity contribution in [3.63, 3.8) is 0 Å². The van der Waals surface area contributed by atoms with Crippen molar-refractivity contribution in [3.05, 3.63) is 139 Å². The Kier molecular flexibility index (Phi) is 8.80. The molecule has 1 aliphatic carbocycles. The topological polar surface area (TPSA) is 96.6 Å². The summed E-state index contributed by atoms with van der Waals surface area (Å²) >= 11 is 0. The number of hydrogen-bond donors (Lipinski definition) is 2. The summed E-state index contributed by atoms with van der Waals surface area (Å²) in [7, 11) is 0. The van der Waals surface area contributed by atoms with Crippen molar-refractivity contribution in [3.8, 4) is 0 Å². The number of hydrogen-bond acceptors (Lipinski definition) is 4. The molecule has 6 rings (SSSR count). The monoisotopic (exact) mass is 650 g/mol. The number of carbonyl (C=O) groups is 1. The van der Waals surface area contributed by atoms with Gasteiger partial charge < -0.3 is 10.4 Å². The summed E-state index contributed by atoms with van der Waals surface area (Å²) < 4.78 is 59.2. The standard InChI is InChI=1S/C35H34F4N4O4/c36-27-13-7-12-26(35(37,38)39)25(27)21-42-29-14-15-34(16-18-41(19-17-34)20-23-8-3-1-4-9-23)30(29)31(44)43(33(42)47)22-28(40-32(45)46)24-10-5-2-6-11-24/h1-13,28,40H,14-22H2,(H,45,46). The molecular formula is C35H34F4N4O4. The SMILES string of the molecule is O=C(O)NC(Cn1c(=O)c2c(n(Cc3c(F)cccc3C(F)(F)F)c1=O)CCC21CCN(Cc2ccccc2)CC1)c1ccccc1. The summed E-state index contributed by atoms with van der Waals surface area (Å²) in [5.74, 6) is -1.12. The molecule has 1 aliphatic heterocycles. The molecule has 1 saturated heterocycles. The van der Waals surface area contributed by atoms with Crippen LogP contribution in [0.4, 0.5) is 22.4 Å². The third-order valence-electron chi connectivity index (χ3n) is 9.57. The first-order valence-electron chi connectivity index (χ1n) is 15.5. The van der Waals surface area contributed by atoms with Crippen LogP contribution in [0.3, 0.4) is 0 Å². The molecule has 2 N–H and O–H groups in total. The predicted molar refractivity (Wildman–Crippen MR) is 167 cm³/mol. The van der Waals surface area contributed by atoms with Gasteiger partial charge >= 0.3 is 18.0 Å². The molecule has 0 saturated carbocycles. The molecule has 1 aromatic heterocycles. The highest BCUT2D eigenvalue weighted by atomic mass is 19.4. The lowest BCUT2D eigenvalue weighted by atomic mass is 9.74. The van der Waals surface area contributed by atoms with Crippen LogP contribution < -0.4 is 16.6 Å². The summed E-state index contributed by atoms with van der Waals surface area (Å²) in [6.45, 7) is 0.903. The van der Waals surface area contributed by atoms with Gasteiger partial charge in [-0.25, -0.2) is 14.0 Å². The molecule has 1 amide bonds. The fourth-order valence-corrected chi connectivity index (χ4v) is 7.22. The number of carboxylic acid groups (broad SMARTS) is 1. The summed E-state index contributed by atoms with van der Waals surface area (Å²) in [5, 5.41) is 12.0. The van der Waals surface area contributed by atoms with Gasteiger partial charge in [-0.15, -0.1) is 0 Å². The molecule has 1 spiro atoms. The number of piperidine rings is 1. The lowest BCUT2D eigenvalue weighted by molar-refractivity contribution is -0.138. The summed E-state index contributed by atoms with van der Waals surface area (Å²) in [5.41, 5.74) is -1.74. The van der Waals surface area contributed by atoms with E-state index in [0.29, 0.717) is 49.2 Å². The van der Waals surface area contributed by atoms with Gasteiger partial charge in [-0.05, 0) is 62.0 Å². The zero-order chi connectivity index (χ0) is 33.3. The zero-order valence-electron chi connectivity index (χ0n) is 25.5.